The Balaban J connectivity index is 4.45. The van der Waals surface area contributed by atoms with E-state index < -0.39 is 27.7 Å². The molecule has 0 saturated carbocycles. The molecule has 0 aliphatic heterocycles. The first kappa shape index (κ1) is 17.2. The fraction of sp³-hybridized carbons (Fsp3) is 0.909. The van der Waals surface area contributed by atoms with Crippen LogP contribution >= 0.6 is 0 Å². The summed E-state index contributed by atoms with van der Waals surface area (Å²) in [5.74, 6) is -0.584. The summed E-state index contributed by atoms with van der Waals surface area (Å²) in [5, 5.41) is 0. The van der Waals surface area contributed by atoms with Gasteiger partial charge in [0.05, 0.1) is 5.75 Å². The third-order valence-corrected chi connectivity index (χ3v) is 2.81. The van der Waals surface area contributed by atoms with Gasteiger partial charge in [-0.1, -0.05) is 0 Å². The minimum atomic E-state index is -4.49. The van der Waals surface area contributed by atoms with Gasteiger partial charge in [0, 0.05) is 12.6 Å². The summed E-state index contributed by atoms with van der Waals surface area (Å²) < 4.78 is 38.3. The number of hydrogen-bond acceptors (Lipinski definition) is 4. The van der Waals surface area contributed by atoms with E-state index in [0.29, 0.717) is 0 Å². The molecule has 5 nitrogen and oxygen atoms in total. The number of hydrogen-bond donors (Lipinski definition) is 0. The summed E-state index contributed by atoms with van der Waals surface area (Å²) in [5.41, 5.74) is -0.615. The molecule has 18 heavy (non-hydrogen) atoms. The minimum Gasteiger partial charge on any atom is -0.444 e. The largest absolute Gasteiger partial charge is 0.444 e. The molecule has 0 bridgehead atoms. The van der Waals surface area contributed by atoms with Gasteiger partial charge in [0.2, 0.25) is 0 Å². The number of ether oxygens (including phenoxy) is 1. The zero-order valence-corrected chi connectivity index (χ0v) is 12.4. The molecule has 0 atom stereocenters. The number of halogens is 1. The summed E-state index contributed by atoms with van der Waals surface area (Å²) in [6, 6.07) is -0.137. The monoisotopic (exact) mass is 283 g/mol. The van der Waals surface area contributed by atoms with Crippen LogP contribution in [-0.4, -0.2) is 43.4 Å². The molecule has 0 spiro atoms. The molecule has 0 saturated heterocycles. The van der Waals surface area contributed by atoms with Gasteiger partial charge >= 0.3 is 16.3 Å². The van der Waals surface area contributed by atoms with E-state index in [1.165, 1.54) is 4.90 Å². The zero-order chi connectivity index (χ0) is 14.6. The van der Waals surface area contributed by atoms with E-state index in [4.69, 9.17) is 4.74 Å². The van der Waals surface area contributed by atoms with Crippen LogP contribution in [0.4, 0.5) is 8.68 Å². The highest BCUT2D eigenvalue weighted by molar-refractivity contribution is 7.86. The van der Waals surface area contributed by atoms with Gasteiger partial charge in [0.25, 0.3) is 0 Å². The highest BCUT2D eigenvalue weighted by atomic mass is 32.3. The molecule has 0 heterocycles. The molecule has 7 heteroatoms. The Bertz CT molecular complexity index is 373. The second kappa shape index (κ2) is 6.36. The first-order chi connectivity index (χ1) is 7.92. The average Bonchev–Trinajstić information content (AvgIpc) is 2.06. The predicted molar refractivity (Wildman–Crippen MR) is 67.6 cm³/mol. The van der Waals surface area contributed by atoms with Crippen LogP contribution in [-0.2, 0) is 15.0 Å². The van der Waals surface area contributed by atoms with E-state index >= 15 is 0 Å². The van der Waals surface area contributed by atoms with E-state index in [-0.39, 0.29) is 19.0 Å². The molecule has 0 aliphatic rings. The Kier molecular flexibility index (Phi) is 6.06. The first-order valence-electron chi connectivity index (χ1n) is 5.84. The first-order valence-corrected chi connectivity index (χ1v) is 7.39. The van der Waals surface area contributed by atoms with Crippen molar-refractivity contribution >= 4 is 16.3 Å². The van der Waals surface area contributed by atoms with E-state index in [9.17, 15) is 17.1 Å². The fourth-order valence-electron chi connectivity index (χ4n) is 1.29. The lowest BCUT2D eigenvalue weighted by atomic mass is 10.2. The van der Waals surface area contributed by atoms with Crippen molar-refractivity contribution in [2.75, 3.05) is 12.3 Å². The second-order valence-corrected chi connectivity index (χ2v) is 6.85. The normalized spacial score (nSPS) is 12.6. The van der Waals surface area contributed by atoms with Crippen molar-refractivity contribution in [2.45, 2.75) is 52.7 Å². The number of nitrogens with zero attached hydrogens (tertiary/aromatic N) is 1. The summed E-state index contributed by atoms with van der Waals surface area (Å²) >= 11 is 0. The van der Waals surface area contributed by atoms with E-state index in [2.05, 4.69) is 0 Å². The third kappa shape index (κ3) is 8.27. The number of amides is 1. The van der Waals surface area contributed by atoms with Crippen molar-refractivity contribution in [1.82, 2.24) is 4.90 Å². The lowest BCUT2D eigenvalue weighted by Crippen LogP contribution is -2.41. The number of carbonyl (C=O) groups is 1. The van der Waals surface area contributed by atoms with Gasteiger partial charge in [-0.15, -0.1) is 3.89 Å². The van der Waals surface area contributed by atoms with Crippen LogP contribution in [0.15, 0.2) is 0 Å². The maximum Gasteiger partial charge on any atom is 0.410 e. The molecule has 0 fully saturated rings. The molecule has 0 aromatic rings. The Morgan fingerprint density at radius 3 is 2.17 bits per heavy atom. The summed E-state index contributed by atoms with van der Waals surface area (Å²) in [4.78, 5) is 13.2. The van der Waals surface area contributed by atoms with Crippen LogP contribution < -0.4 is 0 Å². The predicted octanol–water partition coefficient (Wildman–Crippen LogP) is 2.32. The summed E-state index contributed by atoms with van der Waals surface area (Å²) in [7, 11) is -4.49. The van der Waals surface area contributed by atoms with E-state index in [0.717, 1.165) is 0 Å². The summed E-state index contributed by atoms with van der Waals surface area (Å²) in [6.45, 7) is 8.96. The maximum absolute atomic E-state index is 12.4. The second-order valence-electron chi connectivity index (χ2n) is 5.36. The zero-order valence-electron chi connectivity index (χ0n) is 11.6. The van der Waals surface area contributed by atoms with Gasteiger partial charge < -0.3 is 9.64 Å². The van der Waals surface area contributed by atoms with Gasteiger partial charge in [-0.05, 0) is 41.0 Å². The molecule has 0 radical (unpaired) electrons. The smallest absolute Gasteiger partial charge is 0.410 e. The van der Waals surface area contributed by atoms with Gasteiger partial charge in [-0.3, -0.25) is 0 Å². The maximum atomic E-state index is 12.4. The van der Waals surface area contributed by atoms with Crippen molar-refractivity contribution in [3.8, 4) is 0 Å². The number of rotatable bonds is 5. The fourth-order valence-corrected chi connectivity index (χ4v) is 1.76. The highest BCUT2D eigenvalue weighted by Gasteiger charge is 2.24. The molecule has 108 valence electrons. The average molecular weight is 283 g/mol. The Hall–Kier alpha value is -0.850. The Morgan fingerprint density at radius 1 is 1.33 bits per heavy atom. The summed E-state index contributed by atoms with van der Waals surface area (Å²) in [6.07, 6.45) is -0.468. The molecule has 0 N–H and O–H groups in total. The molecule has 0 rings (SSSR count). The Labute approximate surface area is 109 Å². The van der Waals surface area contributed by atoms with Crippen LogP contribution in [0.5, 0.6) is 0 Å². The standard InChI is InChI=1S/C11H22FNO4S/c1-9(2)13(7-6-8-18(12,15)16)10(14)17-11(3,4)5/h9H,6-8H2,1-5H3. The molecule has 0 aromatic heterocycles. The van der Waals surface area contributed by atoms with E-state index in [1.54, 1.807) is 34.6 Å². The van der Waals surface area contributed by atoms with Gasteiger partial charge in [-0.2, -0.15) is 8.42 Å². The number of carbonyl (C=O) groups excluding carboxylic acids is 1. The molecular weight excluding hydrogens is 261 g/mol. The van der Waals surface area contributed by atoms with Crippen LogP contribution in [0.2, 0.25) is 0 Å². The van der Waals surface area contributed by atoms with Gasteiger partial charge in [0.1, 0.15) is 5.60 Å². The van der Waals surface area contributed by atoms with Crippen LogP contribution in [0, 0.1) is 0 Å². The molecule has 0 aliphatic carbocycles. The van der Waals surface area contributed by atoms with Crippen molar-refractivity contribution < 1.29 is 21.8 Å². The van der Waals surface area contributed by atoms with Crippen molar-refractivity contribution in [3.05, 3.63) is 0 Å². The topological polar surface area (TPSA) is 63.7 Å². The van der Waals surface area contributed by atoms with Crippen LogP contribution in [0.1, 0.15) is 41.0 Å². The lowest BCUT2D eigenvalue weighted by Gasteiger charge is -2.30. The quantitative estimate of drug-likeness (QED) is 0.726. The SMILES string of the molecule is CC(C)N(CCCS(=O)(=O)F)C(=O)OC(C)(C)C. The molecular formula is C11H22FNO4S. The van der Waals surface area contributed by atoms with Crippen LogP contribution in [0.3, 0.4) is 0 Å². The van der Waals surface area contributed by atoms with Crippen molar-refractivity contribution in [1.29, 1.82) is 0 Å². The van der Waals surface area contributed by atoms with Crippen molar-refractivity contribution in [3.63, 3.8) is 0 Å². The lowest BCUT2D eigenvalue weighted by molar-refractivity contribution is 0.0191. The van der Waals surface area contributed by atoms with Crippen LogP contribution in [0.25, 0.3) is 0 Å². The van der Waals surface area contributed by atoms with E-state index in [1.807, 2.05) is 0 Å². The molecule has 0 unspecified atom stereocenters. The van der Waals surface area contributed by atoms with Crippen molar-refractivity contribution in [2.24, 2.45) is 0 Å². The third-order valence-electron chi connectivity index (χ3n) is 2.04. The molecule has 0 aromatic carbocycles. The van der Waals surface area contributed by atoms with Gasteiger partial charge in [-0.25, -0.2) is 4.79 Å². The minimum absolute atomic E-state index is 0.0518. The Morgan fingerprint density at radius 2 is 1.83 bits per heavy atom. The van der Waals surface area contributed by atoms with Gasteiger partial charge in [0.15, 0.2) is 0 Å². The molecule has 1 amide bonds. The highest BCUT2D eigenvalue weighted by Crippen LogP contribution is 2.12.